The number of carbonyl (C=O) groups excluding carboxylic acids is 2. The van der Waals surface area contributed by atoms with Gasteiger partial charge in [-0.25, -0.2) is 0 Å². The van der Waals surface area contributed by atoms with Crippen LogP contribution >= 0.6 is 15.9 Å². The first-order chi connectivity index (χ1) is 12.1. The number of nitrogens with zero attached hydrogens (tertiary/aromatic N) is 2. The zero-order valence-electron chi connectivity index (χ0n) is 13.8. The van der Waals surface area contributed by atoms with Crippen LogP contribution < -0.4 is 5.32 Å². The standard InChI is InChI=1S/C19H20BrN3O2/c20-16-6-4-5-15(13-16)19(25)23-11-9-22(10-12-23)14-18(24)21-17-7-2-1-3-8-17/h1-8,13H,9-12,14H2,(H,21,24). The fourth-order valence-corrected chi connectivity index (χ4v) is 3.24. The molecule has 2 aromatic rings. The predicted octanol–water partition coefficient (Wildman–Crippen LogP) is 2.85. The van der Waals surface area contributed by atoms with Crippen molar-refractivity contribution in [3.05, 3.63) is 64.6 Å². The predicted molar refractivity (Wildman–Crippen MR) is 102 cm³/mol. The molecule has 5 nitrogen and oxygen atoms in total. The minimum atomic E-state index is -0.0297. The Morgan fingerprint density at radius 1 is 0.960 bits per heavy atom. The van der Waals surface area contributed by atoms with E-state index in [-0.39, 0.29) is 11.8 Å². The van der Waals surface area contributed by atoms with Crippen LogP contribution in [0.3, 0.4) is 0 Å². The van der Waals surface area contributed by atoms with E-state index in [4.69, 9.17) is 0 Å². The molecule has 1 N–H and O–H groups in total. The van der Waals surface area contributed by atoms with Gasteiger partial charge >= 0.3 is 0 Å². The van der Waals surface area contributed by atoms with Crippen LogP contribution in [-0.4, -0.2) is 54.3 Å². The van der Waals surface area contributed by atoms with Gasteiger partial charge in [0.15, 0.2) is 0 Å². The van der Waals surface area contributed by atoms with Crippen LogP contribution in [0.25, 0.3) is 0 Å². The molecular weight excluding hydrogens is 382 g/mol. The topological polar surface area (TPSA) is 52.7 Å². The fourth-order valence-electron chi connectivity index (χ4n) is 2.84. The molecule has 3 rings (SSSR count). The maximum atomic E-state index is 12.5. The molecule has 25 heavy (non-hydrogen) atoms. The first-order valence-corrected chi connectivity index (χ1v) is 9.03. The molecule has 1 aliphatic rings. The smallest absolute Gasteiger partial charge is 0.253 e. The van der Waals surface area contributed by atoms with Crippen LogP contribution in [0.4, 0.5) is 5.69 Å². The van der Waals surface area contributed by atoms with E-state index in [1.165, 1.54) is 0 Å². The molecule has 0 aromatic heterocycles. The van der Waals surface area contributed by atoms with Crippen molar-refractivity contribution in [3.63, 3.8) is 0 Å². The highest BCUT2D eigenvalue weighted by Crippen LogP contribution is 2.15. The van der Waals surface area contributed by atoms with Crippen LogP contribution in [0, 0.1) is 0 Å². The van der Waals surface area contributed by atoms with Crippen molar-refractivity contribution in [2.75, 3.05) is 38.0 Å². The molecule has 0 radical (unpaired) electrons. The van der Waals surface area contributed by atoms with Crippen LogP contribution in [0.2, 0.25) is 0 Å². The average Bonchev–Trinajstić information content (AvgIpc) is 2.62. The summed E-state index contributed by atoms with van der Waals surface area (Å²) < 4.78 is 0.898. The van der Waals surface area contributed by atoms with Gasteiger partial charge in [0.25, 0.3) is 5.91 Å². The first kappa shape index (κ1) is 17.6. The SMILES string of the molecule is O=C(CN1CCN(C(=O)c2cccc(Br)c2)CC1)Nc1ccccc1. The normalized spacial score (nSPS) is 15.0. The van der Waals surface area contributed by atoms with Crippen molar-refractivity contribution in [1.82, 2.24) is 9.80 Å². The van der Waals surface area contributed by atoms with Gasteiger partial charge in [-0.05, 0) is 30.3 Å². The summed E-state index contributed by atoms with van der Waals surface area (Å²) >= 11 is 3.39. The number of hydrogen-bond acceptors (Lipinski definition) is 3. The highest BCUT2D eigenvalue weighted by atomic mass is 79.9. The van der Waals surface area contributed by atoms with Gasteiger partial charge in [0, 0.05) is 41.9 Å². The van der Waals surface area contributed by atoms with Crippen molar-refractivity contribution in [2.45, 2.75) is 0 Å². The largest absolute Gasteiger partial charge is 0.336 e. The van der Waals surface area contributed by atoms with Gasteiger partial charge in [0.05, 0.1) is 6.54 Å². The second-order valence-corrected chi connectivity index (χ2v) is 6.91. The lowest BCUT2D eigenvalue weighted by atomic mass is 10.2. The van der Waals surface area contributed by atoms with Crippen molar-refractivity contribution in [1.29, 1.82) is 0 Å². The van der Waals surface area contributed by atoms with Crippen molar-refractivity contribution >= 4 is 33.4 Å². The number of piperazine rings is 1. The van der Waals surface area contributed by atoms with Gasteiger partial charge < -0.3 is 10.2 Å². The summed E-state index contributed by atoms with van der Waals surface area (Å²) in [4.78, 5) is 28.6. The zero-order chi connectivity index (χ0) is 17.6. The van der Waals surface area contributed by atoms with Gasteiger partial charge in [-0.3, -0.25) is 14.5 Å². The Morgan fingerprint density at radius 2 is 1.68 bits per heavy atom. The maximum absolute atomic E-state index is 12.5. The molecule has 1 saturated heterocycles. The molecule has 2 amide bonds. The molecule has 1 heterocycles. The molecule has 0 saturated carbocycles. The number of rotatable bonds is 4. The quantitative estimate of drug-likeness (QED) is 0.856. The Balaban J connectivity index is 1.48. The summed E-state index contributed by atoms with van der Waals surface area (Å²) in [6, 6.07) is 16.9. The van der Waals surface area contributed by atoms with Crippen molar-refractivity contribution in [3.8, 4) is 0 Å². The van der Waals surface area contributed by atoms with Gasteiger partial charge in [0.1, 0.15) is 0 Å². The molecule has 0 bridgehead atoms. The number of nitrogens with one attached hydrogen (secondary N) is 1. The van der Waals surface area contributed by atoms with Gasteiger partial charge in [-0.15, -0.1) is 0 Å². The van der Waals surface area contributed by atoms with Crippen LogP contribution in [0.15, 0.2) is 59.1 Å². The monoisotopic (exact) mass is 401 g/mol. The van der Waals surface area contributed by atoms with E-state index in [0.717, 1.165) is 10.2 Å². The number of hydrogen-bond donors (Lipinski definition) is 1. The zero-order valence-corrected chi connectivity index (χ0v) is 15.4. The minimum absolute atomic E-state index is 0.0297. The van der Waals surface area contributed by atoms with E-state index in [9.17, 15) is 9.59 Å². The van der Waals surface area contributed by atoms with E-state index >= 15 is 0 Å². The summed E-state index contributed by atoms with van der Waals surface area (Å²) in [6.07, 6.45) is 0. The third-order valence-corrected chi connectivity index (χ3v) is 4.65. The lowest BCUT2D eigenvalue weighted by Gasteiger charge is -2.34. The van der Waals surface area contributed by atoms with Crippen LogP contribution in [0.1, 0.15) is 10.4 Å². The molecule has 1 aliphatic heterocycles. The molecule has 0 atom stereocenters. The van der Waals surface area contributed by atoms with Crippen molar-refractivity contribution < 1.29 is 9.59 Å². The third kappa shape index (κ3) is 4.90. The number of amides is 2. The molecule has 2 aromatic carbocycles. The molecule has 6 heteroatoms. The lowest BCUT2D eigenvalue weighted by Crippen LogP contribution is -2.50. The Morgan fingerprint density at radius 3 is 2.36 bits per heavy atom. The molecule has 1 fully saturated rings. The van der Waals surface area contributed by atoms with E-state index in [0.29, 0.717) is 38.3 Å². The van der Waals surface area contributed by atoms with E-state index in [1.54, 1.807) is 0 Å². The number of anilines is 1. The van der Waals surface area contributed by atoms with Crippen molar-refractivity contribution in [2.24, 2.45) is 0 Å². The van der Waals surface area contributed by atoms with Gasteiger partial charge in [-0.2, -0.15) is 0 Å². The average molecular weight is 402 g/mol. The van der Waals surface area contributed by atoms with E-state index in [2.05, 4.69) is 26.1 Å². The Kier molecular flexibility index (Phi) is 5.83. The summed E-state index contributed by atoms with van der Waals surface area (Å²) in [6.45, 7) is 2.99. The molecular formula is C19H20BrN3O2. The third-order valence-electron chi connectivity index (χ3n) is 4.16. The van der Waals surface area contributed by atoms with E-state index < -0.39 is 0 Å². The second-order valence-electron chi connectivity index (χ2n) is 5.99. The first-order valence-electron chi connectivity index (χ1n) is 8.24. The molecule has 130 valence electrons. The summed E-state index contributed by atoms with van der Waals surface area (Å²) in [7, 11) is 0. The number of carbonyl (C=O) groups is 2. The molecule has 0 spiro atoms. The highest BCUT2D eigenvalue weighted by Gasteiger charge is 2.23. The van der Waals surface area contributed by atoms with Crippen LogP contribution in [-0.2, 0) is 4.79 Å². The van der Waals surface area contributed by atoms with Crippen LogP contribution in [0.5, 0.6) is 0 Å². The molecule has 0 aliphatic carbocycles. The lowest BCUT2D eigenvalue weighted by molar-refractivity contribution is -0.117. The summed E-state index contributed by atoms with van der Waals surface area (Å²) in [5.74, 6) is 0.00709. The van der Waals surface area contributed by atoms with Gasteiger partial charge in [-0.1, -0.05) is 40.2 Å². The minimum Gasteiger partial charge on any atom is -0.336 e. The Hall–Kier alpha value is -2.18. The highest BCUT2D eigenvalue weighted by molar-refractivity contribution is 9.10. The number of halogens is 1. The number of benzene rings is 2. The molecule has 0 unspecified atom stereocenters. The Bertz CT molecular complexity index is 743. The fraction of sp³-hybridized carbons (Fsp3) is 0.263. The van der Waals surface area contributed by atoms with E-state index in [1.807, 2.05) is 59.5 Å². The second kappa shape index (κ2) is 8.27. The maximum Gasteiger partial charge on any atom is 0.253 e. The Labute approximate surface area is 155 Å². The summed E-state index contributed by atoms with van der Waals surface area (Å²) in [5.41, 5.74) is 1.49. The summed E-state index contributed by atoms with van der Waals surface area (Å²) in [5, 5.41) is 2.89. The van der Waals surface area contributed by atoms with Gasteiger partial charge in [0.2, 0.25) is 5.91 Å². The number of para-hydroxylation sites is 1.